The Kier molecular flexibility index (Phi) is 5.76. The summed E-state index contributed by atoms with van der Waals surface area (Å²) < 4.78 is 33.5. The van der Waals surface area contributed by atoms with Gasteiger partial charge < -0.3 is 9.73 Å². The fourth-order valence-corrected chi connectivity index (χ4v) is 5.40. The van der Waals surface area contributed by atoms with E-state index < -0.39 is 10.0 Å². The highest BCUT2D eigenvalue weighted by atomic mass is 32.2. The lowest BCUT2D eigenvalue weighted by Crippen LogP contribution is -2.30. The van der Waals surface area contributed by atoms with Gasteiger partial charge in [0.15, 0.2) is 0 Å². The summed E-state index contributed by atoms with van der Waals surface area (Å²) in [6.07, 6.45) is 1.08. The minimum absolute atomic E-state index is 0.312. The van der Waals surface area contributed by atoms with E-state index in [2.05, 4.69) is 10.0 Å². The van der Waals surface area contributed by atoms with Crippen LogP contribution in [0.1, 0.15) is 30.4 Å². The lowest BCUT2D eigenvalue weighted by atomic mass is 10.1. The van der Waals surface area contributed by atoms with Gasteiger partial charge in [0.05, 0.1) is 0 Å². The molecule has 0 aliphatic carbocycles. The molecule has 0 aromatic carbocycles. The Morgan fingerprint density at radius 2 is 2.10 bits per heavy atom. The summed E-state index contributed by atoms with van der Waals surface area (Å²) in [5.74, 6) is 3.74. The van der Waals surface area contributed by atoms with Crippen molar-refractivity contribution in [3.63, 3.8) is 0 Å². The predicted molar refractivity (Wildman–Crippen MR) is 86.2 cm³/mol. The minimum atomic E-state index is -3.51. The Bertz CT molecular complexity index is 575. The Labute approximate surface area is 131 Å². The minimum Gasteiger partial charge on any atom is -0.465 e. The fourth-order valence-electron chi connectivity index (χ4n) is 2.56. The van der Waals surface area contributed by atoms with Gasteiger partial charge >= 0.3 is 0 Å². The third kappa shape index (κ3) is 4.03. The van der Waals surface area contributed by atoms with Gasteiger partial charge in [-0.25, -0.2) is 13.1 Å². The monoisotopic (exact) mass is 332 g/mol. The number of furan rings is 1. The van der Waals surface area contributed by atoms with Crippen LogP contribution in [-0.4, -0.2) is 33.0 Å². The second-order valence-electron chi connectivity index (χ2n) is 5.38. The van der Waals surface area contributed by atoms with E-state index in [9.17, 15) is 8.42 Å². The lowest BCUT2D eigenvalue weighted by Gasteiger charge is -2.12. The number of rotatable bonds is 7. The standard InChI is InChI=1S/C14H24N2O3S2/c1-4-15-8-13-10(2)19-11(3)14(13)21(17,18)16-7-12-5-6-20-9-12/h12,15-16H,4-9H2,1-3H3. The first-order chi connectivity index (χ1) is 9.95. The van der Waals surface area contributed by atoms with Crippen molar-refractivity contribution >= 4 is 21.8 Å². The van der Waals surface area contributed by atoms with Crippen molar-refractivity contribution in [2.24, 2.45) is 5.92 Å². The van der Waals surface area contributed by atoms with E-state index in [0.29, 0.717) is 35.4 Å². The maximum atomic E-state index is 12.6. The van der Waals surface area contributed by atoms with Gasteiger partial charge in [0.25, 0.3) is 0 Å². The van der Waals surface area contributed by atoms with Gasteiger partial charge in [0, 0.05) is 18.7 Å². The van der Waals surface area contributed by atoms with Crippen LogP contribution in [0.25, 0.3) is 0 Å². The first-order valence-corrected chi connectivity index (χ1v) is 9.96. The smallest absolute Gasteiger partial charge is 0.244 e. The molecule has 2 heterocycles. The molecule has 0 spiro atoms. The third-order valence-corrected chi connectivity index (χ3v) is 6.58. The summed E-state index contributed by atoms with van der Waals surface area (Å²) in [5, 5.41) is 3.17. The van der Waals surface area contributed by atoms with Crippen LogP contribution >= 0.6 is 11.8 Å². The van der Waals surface area contributed by atoms with Crippen LogP contribution in [0.3, 0.4) is 0 Å². The zero-order valence-electron chi connectivity index (χ0n) is 12.9. The van der Waals surface area contributed by atoms with E-state index in [1.165, 1.54) is 0 Å². The van der Waals surface area contributed by atoms with Gasteiger partial charge in [0.2, 0.25) is 10.0 Å². The van der Waals surface area contributed by atoms with Crippen LogP contribution in [0.15, 0.2) is 9.31 Å². The van der Waals surface area contributed by atoms with E-state index in [1.807, 2.05) is 25.6 Å². The molecule has 2 rings (SSSR count). The zero-order chi connectivity index (χ0) is 15.5. The molecule has 1 aromatic rings. The highest BCUT2D eigenvalue weighted by Crippen LogP contribution is 2.27. The van der Waals surface area contributed by atoms with Crippen molar-refractivity contribution in [3.8, 4) is 0 Å². The maximum Gasteiger partial charge on any atom is 0.244 e. The number of nitrogens with one attached hydrogen (secondary N) is 2. The Morgan fingerprint density at radius 1 is 1.33 bits per heavy atom. The Balaban J connectivity index is 2.17. The first-order valence-electron chi connectivity index (χ1n) is 7.32. The summed E-state index contributed by atoms with van der Waals surface area (Å²) in [6, 6.07) is 0. The van der Waals surface area contributed by atoms with Crippen LogP contribution in [0.5, 0.6) is 0 Å². The van der Waals surface area contributed by atoms with Crippen molar-refractivity contribution < 1.29 is 12.8 Å². The van der Waals surface area contributed by atoms with Gasteiger partial charge in [0.1, 0.15) is 16.4 Å². The number of hydrogen-bond donors (Lipinski definition) is 2. The quantitative estimate of drug-likeness (QED) is 0.799. The first kappa shape index (κ1) is 16.9. The molecule has 1 aliphatic rings. The molecule has 2 N–H and O–H groups in total. The average Bonchev–Trinajstić information content (AvgIpc) is 3.02. The van der Waals surface area contributed by atoms with Crippen molar-refractivity contribution in [1.82, 2.24) is 10.0 Å². The van der Waals surface area contributed by atoms with Crippen LogP contribution in [-0.2, 0) is 16.6 Å². The summed E-state index contributed by atoms with van der Waals surface area (Å²) in [4.78, 5) is 0.312. The van der Waals surface area contributed by atoms with Crippen molar-refractivity contribution in [2.75, 3.05) is 24.6 Å². The Hall–Kier alpha value is -0.500. The summed E-state index contributed by atoms with van der Waals surface area (Å²) in [7, 11) is -3.51. The van der Waals surface area contributed by atoms with E-state index >= 15 is 0 Å². The molecule has 1 atom stereocenters. The Morgan fingerprint density at radius 3 is 2.71 bits per heavy atom. The van der Waals surface area contributed by atoms with E-state index in [4.69, 9.17) is 4.42 Å². The largest absolute Gasteiger partial charge is 0.465 e. The molecule has 0 bridgehead atoms. The number of thioether (sulfide) groups is 1. The molecule has 1 fully saturated rings. The van der Waals surface area contributed by atoms with Gasteiger partial charge in [-0.3, -0.25) is 0 Å². The van der Waals surface area contributed by atoms with Gasteiger partial charge in [-0.2, -0.15) is 11.8 Å². The highest BCUT2D eigenvalue weighted by Gasteiger charge is 2.27. The van der Waals surface area contributed by atoms with Crippen molar-refractivity contribution in [2.45, 2.75) is 38.6 Å². The zero-order valence-corrected chi connectivity index (χ0v) is 14.5. The van der Waals surface area contributed by atoms with Crippen LogP contribution < -0.4 is 10.0 Å². The second kappa shape index (κ2) is 7.17. The molecule has 0 amide bonds. The summed E-state index contributed by atoms with van der Waals surface area (Å²) in [6.45, 7) is 7.33. The van der Waals surface area contributed by atoms with Crippen LogP contribution in [0.4, 0.5) is 0 Å². The molecular weight excluding hydrogens is 308 g/mol. The van der Waals surface area contributed by atoms with E-state index in [0.717, 1.165) is 30.0 Å². The molecule has 0 radical (unpaired) electrons. The topological polar surface area (TPSA) is 71.3 Å². The van der Waals surface area contributed by atoms with Crippen LogP contribution in [0.2, 0.25) is 0 Å². The van der Waals surface area contributed by atoms with E-state index in [-0.39, 0.29) is 0 Å². The molecule has 1 aliphatic heterocycles. The van der Waals surface area contributed by atoms with Crippen LogP contribution in [0, 0.1) is 19.8 Å². The highest BCUT2D eigenvalue weighted by molar-refractivity contribution is 7.99. The molecular formula is C14H24N2O3S2. The second-order valence-corrected chi connectivity index (χ2v) is 8.24. The van der Waals surface area contributed by atoms with Gasteiger partial charge in [-0.1, -0.05) is 6.92 Å². The lowest BCUT2D eigenvalue weighted by molar-refractivity contribution is 0.492. The molecule has 5 nitrogen and oxygen atoms in total. The third-order valence-electron chi connectivity index (χ3n) is 3.73. The molecule has 1 saturated heterocycles. The van der Waals surface area contributed by atoms with Crippen molar-refractivity contribution in [1.29, 1.82) is 0 Å². The SMILES string of the molecule is CCNCc1c(C)oc(C)c1S(=O)(=O)NCC1CCSC1. The summed E-state index contributed by atoms with van der Waals surface area (Å²) in [5.41, 5.74) is 0.739. The number of sulfonamides is 1. The molecule has 21 heavy (non-hydrogen) atoms. The van der Waals surface area contributed by atoms with Gasteiger partial charge in [-0.15, -0.1) is 0 Å². The molecule has 1 unspecified atom stereocenters. The normalized spacial score (nSPS) is 19.3. The van der Waals surface area contributed by atoms with Crippen molar-refractivity contribution in [3.05, 3.63) is 17.1 Å². The average molecular weight is 332 g/mol. The number of hydrogen-bond acceptors (Lipinski definition) is 5. The van der Waals surface area contributed by atoms with Gasteiger partial charge in [-0.05, 0) is 44.2 Å². The number of aryl methyl sites for hydroxylation is 2. The van der Waals surface area contributed by atoms with E-state index in [1.54, 1.807) is 6.92 Å². The summed E-state index contributed by atoms with van der Waals surface area (Å²) >= 11 is 1.89. The molecule has 0 saturated carbocycles. The molecule has 7 heteroatoms. The predicted octanol–water partition coefficient (Wildman–Crippen LogP) is 2.04. The fraction of sp³-hybridized carbons (Fsp3) is 0.714. The maximum absolute atomic E-state index is 12.6. The molecule has 120 valence electrons. The molecule has 1 aromatic heterocycles.